The van der Waals surface area contributed by atoms with Gasteiger partial charge in [-0.1, -0.05) is 6.42 Å². The van der Waals surface area contributed by atoms with Crippen molar-refractivity contribution in [3.8, 4) is 0 Å². The Bertz CT molecular complexity index is 442. The molecule has 1 aromatic heterocycles. The fraction of sp³-hybridized carbons (Fsp3) is 0.765. The lowest BCUT2D eigenvalue weighted by Gasteiger charge is -2.49. The highest BCUT2D eigenvalue weighted by atomic mass is 15.2. The van der Waals surface area contributed by atoms with E-state index < -0.39 is 0 Å². The van der Waals surface area contributed by atoms with Crippen molar-refractivity contribution in [1.82, 2.24) is 20.2 Å². The molecule has 1 aromatic rings. The van der Waals surface area contributed by atoms with E-state index in [-0.39, 0.29) is 0 Å². The first-order chi connectivity index (χ1) is 10.1. The van der Waals surface area contributed by atoms with Crippen LogP contribution in [-0.4, -0.2) is 40.0 Å². The molecule has 1 aliphatic carbocycles. The maximum Gasteiger partial charge on any atom is 0.0724 e. The van der Waals surface area contributed by atoms with Gasteiger partial charge in [-0.05, 0) is 45.4 Å². The Hall–Kier alpha value is -1.00. The number of likely N-dealkylation sites (tertiary alicyclic amines) is 1. The molecule has 3 rings (SSSR count). The molecule has 2 bridgehead atoms. The molecule has 1 saturated heterocycles. The highest BCUT2D eigenvalue weighted by Gasteiger charge is 2.39. The van der Waals surface area contributed by atoms with E-state index >= 15 is 0 Å². The van der Waals surface area contributed by atoms with Crippen molar-refractivity contribution in [1.29, 1.82) is 0 Å². The van der Waals surface area contributed by atoms with E-state index in [0.29, 0.717) is 12.1 Å². The maximum atomic E-state index is 4.46. The second kappa shape index (κ2) is 6.41. The van der Waals surface area contributed by atoms with E-state index in [4.69, 9.17) is 0 Å². The van der Waals surface area contributed by atoms with Crippen LogP contribution in [0.5, 0.6) is 0 Å². The van der Waals surface area contributed by atoms with Crippen molar-refractivity contribution in [3.63, 3.8) is 0 Å². The lowest BCUT2D eigenvalue weighted by Crippen LogP contribution is -2.58. The number of hydrogen-bond acceptors (Lipinski definition) is 4. The van der Waals surface area contributed by atoms with Gasteiger partial charge in [-0.3, -0.25) is 9.97 Å². The van der Waals surface area contributed by atoms with Crippen molar-refractivity contribution in [2.24, 2.45) is 11.8 Å². The quantitative estimate of drug-likeness (QED) is 0.923. The molecule has 0 aromatic carbocycles. The molecule has 0 spiro atoms. The van der Waals surface area contributed by atoms with Crippen molar-refractivity contribution in [2.75, 3.05) is 13.1 Å². The summed E-state index contributed by atoms with van der Waals surface area (Å²) in [4.78, 5) is 11.5. The van der Waals surface area contributed by atoms with Gasteiger partial charge in [-0.2, -0.15) is 0 Å². The van der Waals surface area contributed by atoms with Gasteiger partial charge < -0.3 is 10.2 Å². The Morgan fingerprint density at radius 1 is 1.19 bits per heavy atom. The maximum absolute atomic E-state index is 4.46. The van der Waals surface area contributed by atoms with Gasteiger partial charge in [0, 0.05) is 44.1 Å². The highest BCUT2D eigenvalue weighted by Crippen LogP contribution is 2.35. The molecular weight excluding hydrogens is 260 g/mol. The number of piperidine rings is 1. The third-order valence-electron chi connectivity index (χ3n) is 5.19. The van der Waals surface area contributed by atoms with Crippen LogP contribution in [0.3, 0.4) is 0 Å². The Kier molecular flexibility index (Phi) is 4.55. The lowest BCUT2D eigenvalue weighted by atomic mass is 9.73. The van der Waals surface area contributed by atoms with Crippen molar-refractivity contribution in [3.05, 3.63) is 23.8 Å². The van der Waals surface area contributed by atoms with Gasteiger partial charge >= 0.3 is 0 Å². The Morgan fingerprint density at radius 2 is 1.90 bits per heavy atom. The molecule has 2 atom stereocenters. The van der Waals surface area contributed by atoms with Gasteiger partial charge in [-0.15, -0.1) is 0 Å². The average molecular weight is 288 g/mol. The van der Waals surface area contributed by atoms with E-state index in [0.717, 1.165) is 29.8 Å². The Balaban J connectivity index is 1.61. The van der Waals surface area contributed by atoms with Gasteiger partial charge in [0.05, 0.1) is 11.4 Å². The van der Waals surface area contributed by atoms with Crippen LogP contribution in [0.15, 0.2) is 12.4 Å². The number of hydrogen-bond donors (Lipinski definition) is 1. The Labute approximate surface area is 128 Å². The summed E-state index contributed by atoms with van der Waals surface area (Å²) in [6.45, 7) is 10.00. The molecule has 1 N–H and O–H groups in total. The first-order valence-corrected chi connectivity index (χ1v) is 8.38. The van der Waals surface area contributed by atoms with E-state index in [1.165, 1.54) is 32.4 Å². The second-order valence-electron chi connectivity index (χ2n) is 7.05. The first-order valence-electron chi connectivity index (χ1n) is 8.38. The molecule has 0 amide bonds. The predicted molar refractivity (Wildman–Crippen MR) is 84.9 cm³/mol. The molecule has 2 unspecified atom stereocenters. The van der Waals surface area contributed by atoms with Crippen molar-refractivity contribution >= 4 is 0 Å². The van der Waals surface area contributed by atoms with E-state index in [9.17, 15) is 0 Å². The number of aromatic nitrogens is 2. The fourth-order valence-corrected chi connectivity index (χ4v) is 3.96. The van der Waals surface area contributed by atoms with Gasteiger partial charge in [0.25, 0.3) is 0 Å². The molecule has 2 aliphatic rings. The van der Waals surface area contributed by atoms with Crippen LogP contribution < -0.4 is 5.32 Å². The lowest BCUT2D eigenvalue weighted by molar-refractivity contribution is 0.0288. The summed E-state index contributed by atoms with van der Waals surface area (Å²) in [5.74, 6) is 1.61. The number of fused-ring (bicyclic) bond motifs is 2. The molecule has 2 fully saturated rings. The van der Waals surface area contributed by atoms with Gasteiger partial charge in [0.1, 0.15) is 0 Å². The third-order valence-corrected chi connectivity index (χ3v) is 5.19. The molecule has 21 heavy (non-hydrogen) atoms. The summed E-state index contributed by atoms with van der Waals surface area (Å²) in [6, 6.07) is 1.34. The fourth-order valence-electron chi connectivity index (χ4n) is 3.96. The largest absolute Gasteiger partial charge is 0.308 e. The molecular formula is C17H28N4. The van der Waals surface area contributed by atoms with Crippen LogP contribution in [0, 0.1) is 18.8 Å². The molecule has 4 heteroatoms. The first kappa shape index (κ1) is 14.9. The smallest absolute Gasteiger partial charge is 0.0724 e. The zero-order chi connectivity index (χ0) is 14.8. The summed E-state index contributed by atoms with van der Waals surface area (Å²) in [6.07, 6.45) is 7.91. The van der Waals surface area contributed by atoms with Gasteiger partial charge in [0.15, 0.2) is 0 Å². The summed E-state index contributed by atoms with van der Waals surface area (Å²) >= 11 is 0. The minimum atomic E-state index is 0.664. The monoisotopic (exact) mass is 288 g/mol. The van der Waals surface area contributed by atoms with Gasteiger partial charge in [-0.25, -0.2) is 0 Å². The Morgan fingerprint density at radius 3 is 2.48 bits per heavy atom. The summed E-state index contributed by atoms with van der Waals surface area (Å²) in [5, 5.41) is 3.79. The van der Waals surface area contributed by atoms with Crippen LogP contribution in [0.25, 0.3) is 0 Å². The number of rotatable bonds is 4. The van der Waals surface area contributed by atoms with Crippen LogP contribution in [0.2, 0.25) is 0 Å². The number of nitrogens with one attached hydrogen (secondary N) is 1. The molecule has 116 valence electrons. The average Bonchev–Trinajstić information content (AvgIpc) is 2.45. The molecule has 4 nitrogen and oxygen atoms in total. The zero-order valence-electron chi connectivity index (χ0n) is 13.5. The zero-order valence-corrected chi connectivity index (χ0v) is 13.5. The van der Waals surface area contributed by atoms with Crippen LogP contribution in [0.4, 0.5) is 0 Å². The third kappa shape index (κ3) is 3.43. The van der Waals surface area contributed by atoms with Crippen LogP contribution in [0.1, 0.15) is 44.5 Å². The van der Waals surface area contributed by atoms with Gasteiger partial charge in [0.2, 0.25) is 0 Å². The van der Waals surface area contributed by atoms with Crippen LogP contribution in [-0.2, 0) is 6.54 Å². The minimum absolute atomic E-state index is 0.664. The number of aryl methyl sites for hydroxylation is 1. The summed E-state index contributed by atoms with van der Waals surface area (Å²) < 4.78 is 0. The minimum Gasteiger partial charge on any atom is -0.308 e. The predicted octanol–water partition coefficient (Wildman–Crippen LogP) is 2.38. The van der Waals surface area contributed by atoms with Crippen molar-refractivity contribution in [2.45, 2.75) is 58.7 Å². The van der Waals surface area contributed by atoms with E-state index in [1.54, 1.807) is 0 Å². The SMILES string of the molecule is Cc1cnc(CNC2C3CCCC2CN(C(C)C)C3)cn1. The highest BCUT2D eigenvalue weighted by molar-refractivity contribution is 5.02. The number of nitrogens with zero attached hydrogens (tertiary/aromatic N) is 3. The van der Waals surface area contributed by atoms with Crippen molar-refractivity contribution < 1.29 is 0 Å². The second-order valence-corrected chi connectivity index (χ2v) is 7.05. The molecule has 1 aliphatic heterocycles. The molecule has 1 saturated carbocycles. The topological polar surface area (TPSA) is 41.1 Å². The molecule has 0 radical (unpaired) electrons. The normalized spacial score (nSPS) is 29.8. The summed E-state index contributed by atoms with van der Waals surface area (Å²) in [7, 11) is 0. The summed E-state index contributed by atoms with van der Waals surface area (Å²) in [5.41, 5.74) is 2.05. The van der Waals surface area contributed by atoms with Crippen LogP contribution >= 0.6 is 0 Å². The van der Waals surface area contributed by atoms with E-state index in [1.807, 2.05) is 19.3 Å². The standard InChI is InChI=1S/C17H28N4/c1-12(2)21-10-14-5-4-6-15(11-21)17(14)20-9-16-8-18-13(3)7-19-16/h7-8,12,14-15,17,20H,4-6,9-11H2,1-3H3. The molecule has 2 heterocycles. The van der Waals surface area contributed by atoms with E-state index in [2.05, 4.69) is 34.0 Å².